The lowest BCUT2D eigenvalue weighted by molar-refractivity contribution is -0.113. The molecular weight excluding hydrogens is 300 g/mol. The number of hydrogen-bond acceptors (Lipinski definition) is 3. The van der Waals surface area contributed by atoms with Gasteiger partial charge in [0, 0.05) is 17.8 Å². The summed E-state index contributed by atoms with van der Waals surface area (Å²) in [5.74, 6) is 0.616. The summed E-state index contributed by atoms with van der Waals surface area (Å²) in [6.07, 6.45) is 2.94. The number of likely N-dealkylation sites (N-methyl/N-ethyl adjacent to an activating group) is 1. The summed E-state index contributed by atoms with van der Waals surface area (Å²) in [6.45, 7) is 3.42. The third kappa shape index (κ3) is 4.49. The van der Waals surface area contributed by atoms with Crippen LogP contribution in [0.5, 0.6) is 5.75 Å². The second kappa shape index (κ2) is 7.65. The molecule has 0 atom stereocenters. The molecule has 120 valence electrons. The van der Waals surface area contributed by atoms with Gasteiger partial charge >= 0.3 is 0 Å². The van der Waals surface area contributed by atoms with Crippen molar-refractivity contribution in [2.24, 2.45) is 0 Å². The smallest absolute Gasteiger partial charge is 0.251 e. The topological polar surface area (TPSA) is 41.6 Å². The summed E-state index contributed by atoms with van der Waals surface area (Å²) < 4.78 is 5.63. The van der Waals surface area contributed by atoms with Gasteiger partial charge in [-0.3, -0.25) is 4.79 Å². The van der Waals surface area contributed by atoms with Crippen LogP contribution in [-0.2, 0) is 4.79 Å². The van der Waals surface area contributed by atoms with E-state index in [0.29, 0.717) is 23.1 Å². The number of anilines is 1. The fourth-order valence-electron chi connectivity index (χ4n) is 2.44. The maximum atomic E-state index is 12.2. The Morgan fingerprint density at radius 3 is 2.73 bits per heavy atom. The number of nitrogens with one attached hydrogen (secondary N) is 1. The first kappa shape index (κ1) is 16.8. The lowest BCUT2D eigenvalue weighted by atomic mass is 10.1. The van der Waals surface area contributed by atoms with Crippen LogP contribution in [0.2, 0.25) is 5.02 Å². The van der Waals surface area contributed by atoms with Crippen LogP contribution in [0.4, 0.5) is 5.69 Å². The molecule has 0 radical (unpaired) electrons. The molecule has 1 aromatic carbocycles. The largest absolute Gasteiger partial charge is 0.491 e. The molecule has 2 rings (SSSR count). The first-order valence-corrected chi connectivity index (χ1v) is 7.92. The van der Waals surface area contributed by atoms with Gasteiger partial charge in [0.15, 0.2) is 0 Å². The van der Waals surface area contributed by atoms with E-state index in [2.05, 4.69) is 5.32 Å². The van der Waals surface area contributed by atoms with Crippen molar-refractivity contribution in [3.8, 4) is 5.75 Å². The van der Waals surface area contributed by atoms with Gasteiger partial charge in [0.2, 0.25) is 0 Å². The minimum atomic E-state index is -0.0210. The Bertz CT molecular complexity index is 582. The molecule has 4 nitrogen and oxygen atoms in total. The number of amides is 1. The maximum absolute atomic E-state index is 12.2. The van der Waals surface area contributed by atoms with E-state index in [0.717, 1.165) is 31.4 Å². The number of allylic oxidation sites excluding steroid dienone is 1. The zero-order chi connectivity index (χ0) is 16.1. The molecule has 1 aliphatic rings. The molecule has 1 aliphatic carbocycles. The van der Waals surface area contributed by atoms with Crippen molar-refractivity contribution in [2.45, 2.75) is 26.2 Å². The van der Waals surface area contributed by atoms with Crippen LogP contribution in [0.15, 0.2) is 29.3 Å². The first-order chi connectivity index (χ1) is 10.5. The minimum Gasteiger partial charge on any atom is -0.491 e. The number of nitrogens with zero attached hydrogens (tertiary/aromatic N) is 1. The van der Waals surface area contributed by atoms with Crippen LogP contribution in [0, 0.1) is 0 Å². The van der Waals surface area contributed by atoms with E-state index in [1.807, 2.05) is 32.0 Å². The van der Waals surface area contributed by atoms with E-state index in [9.17, 15) is 4.79 Å². The van der Waals surface area contributed by atoms with Crippen LogP contribution >= 0.6 is 11.6 Å². The summed E-state index contributed by atoms with van der Waals surface area (Å²) in [4.78, 5) is 14.3. The van der Waals surface area contributed by atoms with Gasteiger partial charge in [-0.05, 0) is 58.5 Å². The fraction of sp³-hybridized carbons (Fsp3) is 0.471. The zero-order valence-electron chi connectivity index (χ0n) is 13.4. The van der Waals surface area contributed by atoms with Crippen molar-refractivity contribution < 1.29 is 9.53 Å². The third-order valence-electron chi connectivity index (χ3n) is 3.75. The predicted octanol–water partition coefficient (Wildman–Crippen LogP) is 3.72. The summed E-state index contributed by atoms with van der Waals surface area (Å²) in [7, 11) is 3.98. The van der Waals surface area contributed by atoms with Crippen LogP contribution in [0.3, 0.4) is 0 Å². The number of benzene rings is 1. The summed E-state index contributed by atoms with van der Waals surface area (Å²) in [5, 5.41) is 3.42. The van der Waals surface area contributed by atoms with Crippen LogP contribution in [0.25, 0.3) is 0 Å². The van der Waals surface area contributed by atoms with Gasteiger partial charge in [0.1, 0.15) is 12.4 Å². The first-order valence-electron chi connectivity index (χ1n) is 7.54. The Labute approximate surface area is 137 Å². The summed E-state index contributed by atoms with van der Waals surface area (Å²) >= 11 is 6.21. The molecule has 0 bridgehead atoms. The van der Waals surface area contributed by atoms with Crippen molar-refractivity contribution in [1.29, 1.82) is 0 Å². The Kier molecular flexibility index (Phi) is 5.86. The van der Waals surface area contributed by atoms with Gasteiger partial charge in [-0.15, -0.1) is 0 Å². The number of ether oxygens (including phenoxy) is 1. The van der Waals surface area contributed by atoms with Gasteiger partial charge in [-0.1, -0.05) is 17.2 Å². The Morgan fingerprint density at radius 2 is 2.14 bits per heavy atom. The Balaban J connectivity index is 1.97. The minimum absolute atomic E-state index is 0.0210. The highest BCUT2D eigenvalue weighted by molar-refractivity contribution is 6.32. The fourth-order valence-corrected chi connectivity index (χ4v) is 2.68. The molecule has 22 heavy (non-hydrogen) atoms. The second-order valence-corrected chi connectivity index (χ2v) is 6.27. The van der Waals surface area contributed by atoms with Gasteiger partial charge in [-0.2, -0.15) is 0 Å². The van der Waals surface area contributed by atoms with Gasteiger partial charge in [-0.25, -0.2) is 0 Å². The van der Waals surface area contributed by atoms with E-state index >= 15 is 0 Å². The second-order valence-electron chi connectivity index (χ2n) is 5.86. The highest BCUT2D eigenvalue weighted by atomic mass is 35.5. The molecular formula is C17H23ClN2O2. The number of carbonyl (C=O) groups excluding carboxylic acids is 1. The third-order valence-corrected chi connectivity index (χ3v) is 4.05. The van der Waals surface area contributed by atoms with E-state index in [4.69, 9.17) is 16.3 Å². The molecule has 0 saturated heterocycles. The molecule has 0 aliphatic heterocycles. The van der Waals surface area contributed by atoms with Crippen molar-refractivity contribution in [2.75, 3.05) is 32.6 Å². The highest BCUT2D eigenvalue weighted by Crippen LogP contribution is 2.30. The van der Waals surface area contributed by atoms with Crippen molar-refractivity contribution >= 4 is 23.2 Å². The number of halogens is 1. The standard InChI is InChI=1S/C17H23ClN2O2/c1-12-5-4-6-14(12)17(21)19-13-7-8-16(15(18)11-13)22-10-9-20(2)3/h7-8,11H,4-6,9-10H2,1-3H3,(H,19,21). The molecule has 0 saturated carbocycles. The Hall–Kier alpha value is -1.52. The predicted molar refractivity (Wildman–Crippen MR) is 90.7 cm³/mol. The highest BCUT2D eigenvalue weighted by Gasteiger charge is 2.18. The molecule has 0 unspecified atom stereocenters. The van der Waals surface area contributed by atoms with E-state index in [1.165, 1.54) is 5.57 Å². The summed E-state index contributed by atoms with van der Waals surface area (Å²) in [6, 6.07) is 5.35. The zero-order valence-corrected chi connectivity index (χ0v) is 14.2. The lowest BCUT2D eigenvalue weighted by Gasteiger charge is -2.13. The molecule has 0 spiro atoms. The molecule has 1 N–H and O–H groups in total. The van der Waals surface area contributed by atoms with Crippen LogP contribution < -0.4 is 10.1 Å². The van der Waals surface area contributed by atoms with Gasteiger partial charge < -0.3 is 15.0 Å². The lowest BCUT2D eigenvalue weighted by Crippen LogP contribution is -2.19. The summed E-state index contributed by atoms with van der Waals surface area (Å²) in [5.41, 5.74) is 2.79. The van der Waals surface area contributed by atoms with Crippen molar-refractivity contribution in [3.05, 3.63) is 34.4 Å². The molecule has 0 fully saturated rings. The molecule has 1 amide bonds. The Morgan fingerprint density at radius 1 is 1.36 bits per heavy atom. The molecule has 0 heterocycles. The normalized spacial score (nSPS) is 14.6. The average Bonchev–Trinajstić information content (AvgIpc) is 2.87. The van der Waals surface area contributed by atoms with Crippen molar-refractivity contribution in [1.82, 2.24) is 4.90 Å². The number of hydrogen-bond donors (Lipinski definition) is 1. The molecule has 1 aromatic rings. The monoisotopic (exact) mass is 322 g/mol. The van der Waals surface area contributed by atoms with Crippen LogP contribution in [-0.4, -0.2) is 38.1 Å². The van der Waals surface area contributed by atoms with Crippen LogP contribution in [0.1, 0.15) is 26.2 Å². The number of rotatable bonds is 6. The number of carbonyl (C=O) groups is 1. The maximum Gasteiger partial charge on any atom is 0.251 e. The van der Waals surface area contributed by atoms with Gasteiger partial charge in [0.25, 0.3) is 5.91 Å². The quantitative estimate of drug-likeness (QED) is 0.868. The SMILES string of the molecule is CC1=C(C(=O)Nc2ccc(OCCN(C)C)c(Cl)c2)CCC1. The van der Waals surface area contributed by atoms with E-state index in [1.54, 1.807) is 12.1 Å². The molecule has 0 aromatic heterocycles. The van der Waals surface area contributed by atoms with E-state index in [-0.39, 0.29) is 5.91 Å². The molecule has 5 heteroatoms. The van der Waals surface area contributed by atoms with Crippen molar-refractivity contribution in [3.63, 3.8) is 0 Å². The van der Waals surface area contributed by atoms with E-state index < -0.39 is 0 Å². The van der Waals surface area contributed by atoms with Gasteiger partial charge in [0.05, 0.1) is 5.02 Å². The average molecular weight is 323 g/mol.